The lowest BCUT2D eigenvalue weighted by atomic mass is 9.99. The van der Waals surface area contributed by atoms with Crippen LogP contribution in [0.5, 0.6) is 0 Å². The first kappa shape index (κ1) is 13.7. The van der Waals surface area contributed by atoms with E-state index in [2.05, 4.69) is 20.6 Å². The van der Waals surface area contributed by atoms with Gasteiger partial charge in [-0.05, 0) is 54.3 Å². The van der Waals surface area contributed by atoms with E-state index in [1.54, 1.807) is 22.8 Å². The van der Waals surface area contributed by atoms with Crippen LogP contribution in [0.15, 0.2) is 29.0 Å². The van der Waals surface area contributed by atoms with Gasteiger partial charge in [0.05, 0.1) is 0 Å². The van der Waals surface area contributed by atoms with Crippen molar-refractivity contribution < 1.29 is 5.11 Å². The molecular weight excluding hydrogens is 298 g/mol. The first-order chi connectivity index (χ1) is 10.6. The molecule has 0 amide bonds. The van der Waals surface area contributed by atoms with Crippen LogP contribution < -0.4 is 5.32 Å². The second-order valence-corrected chi connectivity index (χ2v) is 6.74. The van der Waals surface area contributed by atoms with Crippen LogP contribution in [0.3, 0.4) is 0 Å². The molecule has 22 heavy (non-hydrogen) atoms. The van der Waals surface area contributed by atoms with Gasteiger partial charge in [-0.1, -0.05) is 0 Å². The van der Waals surface area contributed by atoms with Gasteiger partial charge in [-0.25, -0.2) is 0 Å². The van der Waals surface area contributed by atoms with Crippen LogP contribution in [0, 0.1) is 0 Å². The van der Waals surface area contributed by atoms with Crippen LogP contribution in [-0.4, -0.2) is 31.5 Å². The minimum Gasteiger partial charge on any atom is -0.384 e. The molecule has 1 aliphatic carbocycles. The van der Waals surface area contributed by atoms with Crippen molar-refractivity contribution in [2.45, 2.75) is 31.3 Å². The molecule has 7 heteroatoms. The number of thiophene rings is 1. The van der Waals surface area contributed by atoms with Gasteiger partial charge in [-0.2, -0.15) is 15.9 Å². The van der Waals surface area contributed by atoms with Crippen molar-refractivity contribution in [3.8, 4) is 0 Å². The number of aromatic nitrogens is 4. The summed E-state index contributed by atoms with van der Waals surface area (Å²) in [5, 5.41) is 30.6. The van der Waals surface area contributed by atoms with E-state index in [9.17, 15) is 5.11 Å². The second-order valence-electron chi connectivity index (χ2n) is 5.96. The van der Waals surface area contributed by atoms with Gasteiger partial charge in [-0.3, -0.25) is 0 Å². The lowest BCUT2D eigenvalue weighted by Crippen LogP contribution is -2.30. The number of aliphatic hydroxyl groups is 1. The Morgan fingerprint density at radius 3 is 2.95 bits per heavy atom. The standard InChI is InChI=1S/C15H17N5OS/c1-15(21,11-6-7-22-8-11)9-16-12-4-5-13-17-18-14(10-2-3-10)20(13)19-12/h4-8,10,21H,2-3,9H2,1H3,(H,16,19). The van der Waals surface area contributed by atoms with Crippen LogP contribution >= 0.6 is 11.3 Å². The molecule has 0 radical (unpaired) electrons. The highest BCUT2D eigenvalue weighted by molar-refractivity contribution is 7.08. The minimum absolute atomic E-state index is 0.392. The van der Waals surface area contributed by atoms with Gasteiger partial charge in [0.25, 0.3) is 0 Å². The summed E-state index contributed by atoms with van der Waals surface area (Å²) in [6.07, 6.45) is 2.32. The fourth-order valence-corrected chi connectivity index (χ4v) is 3.21. The van der Waals surface area contributed by atoms with Gasteiger partial charge in [0, 0.05) is 12.5 Å². The van der Waals surface area contributed by atoms with Gasteiger partial charge in [0.1, 0.15) is 11.4 Å². The zero-order valence-corrected chi connectivity index (χ0v) is 13.0. The van der Waals surface area contributed by atoms with Crippen molar-refractivity contribution in [2.75, 3.05) is 11.9 Å². The Morgan fingerprint density at radius 1 is 1.36 bits per heavy atom. The highest BCUT2D eigenvalue weighted by atomic mass is 32.1. The summed E-state index contributed by atoms with van der Waals surface area (Å²) in [4.78, 5) is 0. The van der Waals surface area contributed by atoms with Crippen LogP contribution in [0.4, 0.5) is 5.82 Å². The molecule has 1 atom stereocenters. The Balaban J connectivity index is 1.55. The fraction of sp³-hybridized carbons (Fsp3) is 0.400. The van der Waals surface area contributed by atoms with Crippen molar-refractivity contribution in [3.63, 3.8) is 0 Å². The molecule has 1 unspecified atom stereocenters. The number of fused-ring (bicyclic) bond motifs is 1. The number of nitrogens with one attached hydrogen (secondary N) is 1. The van der Waals surface area contributed by atoms with Gasteiger partial charge in [-0.15, -0.1) is 15.3 Å². The average molecular weight is 315 g/mol. The highest BCUT2D eigenvalue weighted by Crippen LogP contribution is 2.38. The quantitative estimate of drug-likeness (QED) is 0.756. The summed E-state index contributed by atoms with van der Waals surface area (Å²) in [5.41, 5.74) is 0.745. The lowest BCUT2D eigenvalue weighted by molar-refractivity contribution is 0.0719. The van der Waals surface area contributed by atoms with Crippen LogP contribution in [0.1, 0.15) is 37.1 Å². The Kier molecular flexibility index (Phi) is 3.12. The molecule has 3 heterocycles. The number of anilines is 1. The van der Waals surface area contributed by atoms with Gasteiger partial charge in [0.15, 0.2) is 11.5 Å². The van der Waals surface area contributed by atoms with E-state index in [0.717, 1.165) is 29.9 Å². The molecule has 0 bridgehead atoms. The summed E-state index contributed by atoms with van der Waals surface area (Å²) in [6, 6.07) is 5.70. The van der Waals surface area contributed by atoms with Crippen molar-refractivity contribution in [1.82, 2.24) is 19.8 Å². The Bertz CT molecular complexity index is 791. The lowest BCUT2D eigenvalue weighted by Gasteiger charge is -2.23. The molecule has 4 rings (SSSR count). The summed E-state index contributed by atoms with van der Waals surface area (Å²) < 4.78 is 1.80. The summed E-state index contributed by atoms with van der Waals surface area (Å²) in [6.45, 7) is 2.19. The van der Waals surface area contributed by atoms with E-state index < -0.39 is 5.60 Å². The van der Waals surface area contributed by atoms with E-state index in [1.165, 1.54) is 0 Å². The normalized spacial score (nSPS) is 17.5. The molecule has 3 aromatic rings. The molecular formula is C15H17N5OS. The van der Waals surface area contributed by atoms with Gasteiger partial charge >= 0.3 is 0 Å². The number of hydrogen-bond donors (Lipinski definition) is 2. The predicted octanol–water partition coefficient (Wildman–Crippen LogP) is 2.38. The molecule has 6 nitrogen and oxygen atoms in total. The molecule has 114 valence electrons. The monoisotopic (exact) mass is 315 g/mol. The van der Waals surface area contributed by atoms with Gasteiger partial charge in [0.2, 0.25) is 0 Å². The van der Waals surface area contributed by atoms with E-state index >= 15 is 0 Å². The van der Waals surface area contributed by atoms with Crippen molar-refractivity contribution in [3.05, 3.63) is 40.3 Å². The Hall–Kier alpha value is -1.99. The topological polar surface area (TPSA) is 75.3 Å². The maximum Gasteiger partial charge on any atom is 0.178 e. The number of nitrogens with zero attached hydrogens (tertiary/aromatic N) is 4. The Morgan fingerprint density at radius 2 is 2.23 bits per heavy atom. The largest absolute Gasteiger partial charge is 0.384 e. The molecule has 0 saturated heterocycles. The van der Waals surface area contributed by atoms with Crippen LogP contribution in [-0.2, 0) is 5.60 Å². The van der Waals surface area contributed by atoms with E-state index in [4.69, 9.17) is 0 Å². The van der Waals surface area contributed by atoms with Crippen molar-refractivity contribution >= 4 is 22.8 Å². The van der Waals surface area contributed by atoms with E-state index in [-0.39, 0.29) is 0 Å². The maximum absolute atomic E-state index is 10.5. The third-order valence-electron chi connectivity index (χ3n) is 3.99. The van der Waals surface area contributed by atoms with E-state index in [1.807, 2.05) is 29.0 Å². The van der Waals surface area contributed by atoms with Gasteiger partial charge < -0.3 is 10.4 Å². The third kappa shape index (κ3) is 2.46. The summed E-state index contributed by atoms with van der Waals surface area (Å²) >= 11 is 1.58. The SMILES string of the molecule is CC(O)(CNc1ccc2nnc(C3CC3)n2n1)c1ccsc1. The minimum atomic E-state index is -0.927. The average Bonchev–Trinajstić information content (AvgIpc) is 3.05. The van der Waals surface area contributed by atoms with Crippen molar-refractivity contribution in [1.29, 1.82) is 0 Å². The molecule has 3 aromatic heterocycles. The molecule has 2 N–H and O–H groups in total. The molecule has 1 fully saturated rings. The molecule has 1 aliphatic rings. The number of rotatable bonds is 5. The summed E-state index contributed by atoms with van der Waals surface area (Å²) in [7, 11) is 0. The summed E-state index contributed by atoms with van der Waals surface area (Å²) in [5.74, 6) is 2.14. The first-order valence-corrected chi connectivity index (χ1v) is 8.29. The van der Waals surface area contributed by atoms with Crippen LogP contribution in [0.2, 0.25) is 0 Å². The van der Waals surface area contributed by atoms with Crippen LogP contribution in [0.25, 0.3) is 5.65 Å². The zero-order valence-electron chi connectivity index (χ0n) is 12.2. The molecule has 0 aromatic carbocycles. The molecule has 0 aliphatic heterocycles. The zero-order chi connectivity index (χ0) is 15.2. The third-order valence-corrected chi connectivity index (χ3v) is 4.67. The maximum atomic E-state index is 10.5. The smallest absolute Gasteiger partial charge is 0.178 e. The molecule has 1 saturated carbocycles. The predicted molar refractivity (Wildman–Crippen MR) is 85.1 cm³/mol. The highest BCUT2D eigenvalue weighted by Gasteiger charge is 2.29. The second kappa shape index (κ2) is 5.03. The van der Waals surface area contributed by atoms with Crippen molar-refractivity contribution in [2.24, 2.45) is 0 Å². The Labute approximate surface area is 131 Å². The number of hydrogen-bond acceptors (Lipinski definition) is 6. The first-order valence-electron chi connectivity index (χ1n) is 7.35. The fourth-order valence-electron chi connectivity index (χ4n) is 2.43. The van der Waals surface area contributed by atoms with E-state index in [0.29, 0.717) is 18.3 Å². The molecule has 0 spiro atoms.